The van der Waals surface area contributed by atoms with Crippen LogP contribution in [0.2, 0.25) is 0 Å². The van der Waals surface area contributed by atoms with Gasteiger partial charge in [-0.15, -0.1) is 0 Å². The fourth-order valence-electron chi connectivity index (χ4n) is 1.98. The summed E-state index contributed by atoms with van der Waals surface area (Å²) in [6.07, 6.45) is 0. The van der Waals surface area contributed by atoms with E-state index in [0.717, 1.165) is 22.2 Å². The van der Waals surface area contributed by atoms with Gasteiger partial charge in [0.2, 0.25) is 5.52 Å². The lowest BCUT2D eigenvalue weighted by atomic mass is 10.1. The van der Waals surface area contributed by atoms with Crippen LogP contribution in [0.5, 0.6) is 0 Å². The summed E-state index contributed by atoms with van der Waals surface area (Å²) in [5, 5.41) is 1.09. The number of hydrogen-bond donors (Lipinski definition) is 0. The maximum atomic E-state index is 12.1. The minimum Gasteiger partial charge on any atom is -1.00 e. The largest absolute Gasteiger partial charge is 1.00 e. The third-order valence-electron chi connectivity index (χ3n) is 3.07. The summed E-state index contributed by atoms with van der Waals surface area (Å²) in [4.78, 5) is 13.7. The Morgan fingerprint density at radius 1 is 1.17 bits per heavy atom. The molecule has 0 aliphatic heterocycles. The molecule has 0 aliphatic carbocycles. The fraction of sp³-hybridized carbons (Fsp3) is 0.286. The van der Waals surface area contributed by atoms with Crippen molar-refractivity contribution in [2.45, 2.75) is 6.92 Å². The first-order valence-corrected chi connectivity index (χ1v) is 5.62. The van der Waals surface area contributed by atoms with E-state index in [4.69, 9.17) is 0 Å². The summed E-state index contributed by atoms with van der Waals surface area (Å²) in [6.45, 7) is 2.04. The minimum absolute atomic E-state index is 0. The molecule has 0 aliphatic rings. The van der Waals surface area contributed by atoms with E-state index in [0.29, 0.717) is 0 Å². The van der Waals surface area contributed by atoms with Crippen LogP contribution < -0.4 is 28.5 Å². The number of amides is 1. The molecule has 0 N–H and O–H groups in total. The molecule has 1 amide bonds. The molecule has 0 atom stereocenters. The zero-order chi connectivity index (χ0) is 12.6. The Labute approximate surface area is 124 Å². The molecule has 18 heavy (non-hydrogen) atoms. The van der Waals surface area contributed by atoms with Gasteiger partial charge in [-0.25, -0.2) is 0 Å². The number of aromatic nitrogens is 1. The van der Waals surface area contributed by atoms with Gasteiger partial charge in [0.1, 0.15) is 12.6 Å². The van der Waals surface area contributed by atoms with Gasteiger partial charge in [-0.2, -0.15) is 4.57 Å². The number of fused-ring (bicyclic) bond motifs is 1. The summed E-state index contributed by atoms with van der Waals surface area (Å²) < 4.78 is 2.06. The van der Waals surface area contributed by atoms with Crippen molar-refractivity contribution < 1.29 is 33.3 Å². The van der Waals surface area contributed by atoms with Crippen molar-refractivity contribution in [3.63, 3.8) is 0 Å². The first-order chi connectivity index (χ1) is 8.02. The maximum absolute atomic E-state index is 12.1. The number of benzene rings is 1. The smallest absolute Gasteiger partial charge is 0.260 e. The molecular weight excluding hydrogens is 339 g/mol. The standard InChI is InChI=1S/C14H17N2O.HI/c1-10-8-9-11-6-5-7-12(13(11)16(10)4)14(17)15(2)3;/h5-9H,1-4H3;1H/q+1;/p-1. The molecule has 0 fully saturated rings. The average Bonchev–Trinajstić information content (AvgIpc) is 2.32. The van der Waals surface area contributed by atoms with Crippen molar-refractivity contribution in [3.05, 3.63) is 41.6 Å². The van der Waals surface area contributed by atoms with E-state index in [1.54, 1.807) is 19.0 Å². The quantitative estimate of drug-likeness (QED) is 0.460. The molecule has 0 spiro atoms. The molecule has 96 valence electrons. The van der Waals surface area contributed by atoms with Gasteiger partial charge in [-0.1, -0.05) is 6.07 Å². The molecule has 1 aromatic carbocycles. The van der Waals surface area contributed by atoms with Gasteiger partial charge in [-0.05, 0) is 18.2 Å². The number of rotatable bonds is 1. The lowest BCUT2D eigenvalue weighted by Gasteiger charge is -2.11. The van der Waals surface area contributed by atoms with E-state index < -0.39 is 0 Å². The van der Waals surface area contributed by atoms with E-state index in [1.807, 2.05) is 32.2 Å². The van der Waals surface area contributed by atoms with E-state index >= 15 is 0 Å². The second kappa shape index (κ2) is 5.65. The van der Waals surface area contributed by atoms with Crippen LogP contribution in [-0.4, -0.2) is 24.9 Å². The molecule has 0 unspecified atom stereocenters. The lowest BCUT2D eigenvalue weighted by Crippen LogP contribution is -3.00. The first-order valence-electron chi connectivity index (χ1n) is 5.62. The molecule has 4 heteroatoms. The predicted octanol–water partition coefficient (Wildman–Crippen LogP) is -1.32. The number of para-hydroxylation sites is 1. The number of aryl methyl sites for hydroxylation is 2. The molecule has 0 saturated heterocycles. The molecule has 2 aromatic rings. The van der Waals surface area contributed by atoms with E-state index in [9.17, 15) is 4.79 Å². The van der Waals surface area contributed by atoms with Gasteiger partial charge >= 0.3 is 0 Å². The summed E-state index contributed by atoms with van der Waals surface area (Å²) >= 11 is 0. The molecule has 0 radical (unpaired) electrons. The maximum Gasteiger partial charge on any atom is 0.260 e. The summed E-state index contributed by atoms with van der Waals surface area (Å²) in [6, 6.07) is 9.95. The van der Waals surface area contributed by atoms with Crippen molar-refractivity contribution >= 4 is 16.8 Å². The lowest BCUT2D eigenvalue weighted by molar-refractivity contribution is -0.651. The highest BCUT2D eigenvalue weighted by molar-refractivity contribution is 6.04. The van der Waals surface area contributed by atoms with E-state index in [1.165, 1.54) is 0 Å². The average molecular weight is 356 g/mol. The second-order valence-corrected chi connectivity index (χ2v) is 4.48. The van der Waals surface area contributed by atoms with Gasteiger partial charge in [-0.3, -0.25) is 4.79 Å². The van der Waals surface area contributed by atoms with Crippen molar-refractivity contribution in [3.8, 4) is 0 Å². The van der Waals surface area contributed by atoms with Crippen LogP contribution in [0, 0.1) is 6.92 Å². The Kier molecular flexibility index (Phi) is 4.67. The molecule has 2 rings (SSSR count). The van der Waals surface area contributed by atoms with Gasteiger partial charge in [0.05, 0.1) is 0 Å². The number of carbonyl (C=O) groups excluding carboxylic acids is 1. The van der Waals surface area contributed by atoms with E-state index in [2.05, 4.69) is 16.7 Å². The van der Waals surface area contributed by atoms with Crippen LogP contribution >= 0.6 is 0 Å². The van der Waals surface area contributed by atoms with Crippen LogP contribution in [0.4, 0.5) is 0 Å². The highest BCUT2D eigenvalue weighted by Gasteiger charge is 2.19. The zero-order valence-corrected chi connectivity index (χ0v) is 13.2. The van der Waals surface area contributed by atoms with Gasteiger partial charge in [0.25, 0.3) is 5.91 Å². The number of carbonyl (C=O) groups is 1. The molecule has 1 heterocycles. The Balaban J connectivity index is 0.00000162. The monoisotopic (exact) mass is 356 g/mol. The van der Waals surface area contributed by atoms with Crippen LogP contribution in [0.1, 0.15) is 16.1 Å². The first kappa shape index (κ1) is 14.9. The zero-order valence-electron chi connectivity index (χ0n) is 11.1. The van der Waals surface area contributed by atoms with Crippen molar-refractivity contribution in [2.75, 3.05) is 14.1 Å². The predicted molar refractivity (Wildman–Crippen MR) is 67.9 cm³/mol. The number of halogens is 1. The van der Waals surface area contributed by atoms with Crippen LogP contribution in [0.15, 0.2) is 30.3 Å². The summed E-state index contributed by atoms with van der Waals surface area (Å²) in [5.41, 5.74) is 2.88. The van der Waals surface area contributed by atoms with Crippen LogP contribution in [-0.2, 0) is 7.05 Å². The van der Waals surface area contributed by atoms with Gasteiger partial charge in [0.15, 0.2) is 5.69 Å². The van der Waals surface area contributed by atoms with Gasteiger partial charge < -0.3 is 28.9 Å². The van der Waals surface area contributed by atoms with Crippen molar-refractivity contribution in [1.29, 1.82) is 0 Å². The van der Waals surface area contributed by atoms with Crippen LogP contribution in [0.3, 0.4) is 0 Å². The Morgan fingerprint density at radius 2 is 1.83 bits per heavy atom. The molecule has 1 aromatic heterocycles. The Morgan fingerprint density at radius 3 is 2.44 bits per heavy atom. The SMILES string of the molecule is Cc1ccc2cccc(C(=O)N(C)C)c2[n+]1C.[I-]. The number of nitrogens with zero attached hydrogens (tertiary/aromatic N) is 2. The third kappa shape index (κ3) is 2.48. The molecular formula is C14H17IN2O. The second-order valence-electron chi connectivity index (χ2n) is 4.48. The van der Waals surface area contributed by atoms with E-state index in [-0.39, 0.29) is 29.9 Å². The number of hydrogen-bond acceptors (Lipinski definition) is 1. The normalized spacial score (nSPS) is 10.0. The van der Waals surface area contributed by atoms with Crippen molar-refractivity contribution in [1.82, 2.24) is 4.90 Å². The Hall–Kier alpha value is -1.17. The summed E-state index contributed by atoms with van der Waals surface area (Å²) in [7, 11) is 5.54. The molecule has 0 saturated carbocycles. The molecule has 3 nitrogen and oxygen atoms in total. The number of pyridine rings is 1. The molecule has 0 bridgehead atoms. The summed E-state index contributed by atoms with van der Waals surface area (Å²) in [5.74, 6) is 0.0387. The van der Waals surface area contributed by atoms with Gasteiger partial charge in [0, 0.05) is 32.5 Å². The highest BCUT2D eigenvalue weighted by Crippen LogP contribution is 2.16. The van der Waals surface area contributed by atoms with Crippen LogP contribution in [0.25, 0.3) is 10.9 Å². The Bertz CT molecular complexity index is 594. The highest BCUT2D eigenvalue weighted by atomic mass is 127. The topological polar surface area (TPSA) is 24.2 Å². The fourth-order valence-corrected chi connectivity index (χ4v) is 1.98. The van der Waals surface area contributed by atoms with Crippen molar-refractivity contribution in [2.24, 2.45) is 7.05 Å². The minimum atomic E-state index is 0. The third-order valence-corrected chi connectivity index (χ3v) is 3.07.